The SMILES string of the molecule is C=Cc1ncc(C)c(Nc2cccc([N+](=O)[O-])c2)n1. The maximum absolute atomic E-state index is 10.7. The standard InChI is InChI=1S/C13H12N4O2/c1-3-12-14-8-9(2)13(16-12)15-10-5-4-6-11(7-10)17(18)19/h3-8H,1H2,2H3,(H,14,15,16). The molecule has 1 aromatic heterocycles. The van der Waals surface area contributed by atoms with Crippen molar-refractivity contribution in [3.8, 4) is 0 Å². The molecule has 0 spiro atoms. The van der Waals surface area contributed by atoms with E-state index in [4.69, 9.17) is 0 Å². The van der Waals surface area contributed by atoms with Gasteiger partial charge in [0.1, 0.15) is 5.82 Å². The molecule has 2 rings (SSSR count). The van der Waals surface area contributed by atoms with E-state index in [1.165, 1.54) is 18.2 Å². The fourth-order valence-electron chi connectivity index (χ4n) is 1.51. The largest absolute Gasteiger partial charge is 0.340 e. The Balaban J connectivity index is 2.32. The summed E-state index contributed by atoms with van der Waals surface area (Å²) in [7, 11) is 0. The maximum Gasteiger partial charge on any atom is 0.271 e. The first-order valence-corrected chi connectivity index (χ1v) is 5.57. The molecule has 0 aliphatic heterocycles. The predicted molar refractivity (Wildman–Crippen MR) is 73.2 cm³/mol. The molecule has 0 fully saturated rings. The lowest BCUT2D eigenvalue weighted by atomic mass is 10.2. The number of nitro groups is 1. The van der Waals surface area contributed by atoms with Gasteiger partial charge in [0, 0.05) is 29.6 Å². The summed E-state index contributed by atoms with van der Waals surface area (Å²) in [6.07, 6.45) is 3.21. The van der Waals surface area contributed by atoms with Crippen LogP contribution in [0.5, 0.6) is 0 Å². The zero-order valence-corrected chi connectivity index (χ0v) is 10.3. The first-order valence-electron chi connectivity index (χ1n) is 5.57. The minimum absolute atomic E-state index is 0.0284. The molecule has 0 aliphatic carbocycles. The number of anilines is 2. The van der Waals surface area contributed by atoms with Crippen LogP contribution in [0, 0.1) is 17.0 Å². The van der Waals surface area contributed by atoms with Gasteiger partial charge in [-0.1, -0.05) is 12.6 Å². The van der Waals surface area contributed by atoms with Crippen molar-refractivity contribution in [2.24, 2.45) is 0 Å². The molecule has 19 heavy (non-hydrogen) atoms. The highest BCUT2D eigenvalue weighted by Gasteiger charge is 2.07. The number of aryl methyl sites for hydroxylation is 1. The molecule has 6 heteroatoms. The molecule has 0 saturated heterocycles. The van der Waals surface area contributed by atoms with Crippen LogP contribution in [-0.4, -0.2) is 14.9 Å². The number of nitrogens with zero attached hydrogens (tertiary/aromatic N) is 3. The second-order valence-corrected chi connectivity index (χ2v) is 3.90. The van der Waals surface area contributed by atoms with E-state index in [2.05, 4.69) is 21.9 Å². The summed E-state index contributed by atoms with van der Waals surface area (Å²) in [6.45, 7) is 5.46. The third kappa shape index (κ3) is 2.92. The third-order valence-electron chi connectivity index (χ3n) is 2.49. The van der Waals surface area contributed by atoms with Crippen LogP contribution in [0.25, 0.3) is 6.08 Å². The predicted octanol–water partition coefficient (Wildman–Crippen LogP) is 3.08. The molecule has 96 valence electrons. The third-order valence-corrected chi connectivity index (χ3v) is 2.49. The highest BCUT2D eigenvalue weighted by Crippen LogP contribution is 2.22. The molecule has 0 amide bonds. The summed E-state index contributed by atoms with van der Waals surface area (Å²) in [5.41, 5.74) is 1.48. The quantitative estimate of drug-likeness (QED) is 0.671. The van der Waals surface area contributed by atoms with E-state index in [-0.39, 0.29) is 5.69 Å². The van der Waals surface area contributed by atoms with E-state index in [1.807, 2.05) is 6.92 Å². The zero-order chi connectivity index (χ0) is 13.8. The van der Waals surface area contributed by atoms with Gasteiger partial charge in [-0.25, -0.2) is 9.97 Å². The summed E-state index contributed by atoms with van der Waals surface area (Å²) in [5.74, 6) is 1.10. The van der Waals surface area contributed by atoms with Crippen LogP contribution in [0.1, 0.15) is 11.4 Å². The molecule has 6 nitrogen and oxygen atoms in total. The van der Waals surface area contributed by atoms with Gasteiger partial charge in [-0.2, -0.15) is 0 Å². The average molecular weight is 256 g/mol. The normalized spacial score (nSPS) is 9.95. The molecule has 0 atom stereocenters. The van der Waals surface area contributed by atoms with Crippen molar-refractivity contribution in [3.63, 3.8) is 0 Å². The van der Waals surface area contributed by atoms with Crippen molar-refractivity contribution in [3.05, 3.63) is 58.5 Å². The second kappa shape index (κ2) is 5.26. The Bertz CT molecular complexity index is 640. The molecule has 0 aliphatic rings. The van der Waals surface area contributed by atoms with E-state index < -0.39 is 4.92 Å². The summed E-state index contributed by atoms with van der Waals surface area (Å²) in [4.78, 5) is 18.6. The van der Waals surface area contributed by atoms with Crippen LogP contribution >= 0.6 is 0 Å². The smallest absolute Gasteiger partial charge is 0.271 e. The number of hydrogen-bond donors (Lipinski definition) is 1. The number of hydrogen-bond acceptors (Lipinski definition) is 5. The van der Waals surface area contributed by atoms with E-state index in [9.17, 15) is 10.1 Å². The highest BCUT2D eigenvalue weighted by molar-refractivity contribution is 5.62. The van der Waals surface area contributed by atoms with Gasteiger partial charge in [-0.3, -0.25) is 10.1 Å². The molecule has 0 saturated carbocycles. The Morgan fingerprint density at radius 3 is 2.95 bits per heavy atom. The summed E-state index contributed by atoms with van der Waals surface area (Å²) in [5, 5.41) is 13.8. The Hall–Kier alpha value is -2.76. The number of benzene rings is 1. The second-order valence-electron chi connectivity index (χ2n) is 3.90. The Labute approximate surface area is 110 Å². The molecule has 0 bridgehead atoms. The van der Waals surface area contributed by atoms with E-state index in [0.717, 1.165) is 5.56 Å². The zero-order valence-electron chi connectivity index (χ0n) is 10.3. The Morgan fingerprint density at radius 1 is 1.47 bits per heavy atom. The van der Waals surface area contributed by atoms with E-state index >= 15 is 0 Å². The molecule has 1 heterocycles. The number of rotatable bonds is 4. The minimum atomic E-state index is -0.437. The monoisotopic (exact) mass is 256 g/mol. The molecule has 0 radical (unpaired) electrons. The first-order chi connectivity index (χ1) is 9.10. The average Bonchev–Trinajstić information content (AvgIpc) is 2.41. The van der Waals surface area contributed by atoms with Gasteiger partial charge in [-0.15, -0.1) is 0 Å². The maximum atomic E-state index is 10.7. The van der Waals surface area contributed by atoms with Crippen molar-refractivity contribution < 1.29 is 4.92 Å². The summed E-state index contributed by atoms with van der Waals surface area (Å²) in [6, 6.07) is 6.25. The van der Waals surface area contributed by atoms with Crippen LogP contribution in [0.15, 0.2) is 37.0 Å². The number of aromatic nitrogens is 2. The van der Waals surface area contributed by atoms with Gasteiger partial charge in [0.15, 0.2) is 5.82 Å². The van der Waals surface area contributed by atoms with Crippen molar-refractivity contribution in [2.45, 2.75) is 6.92 Å². The molecule has 0 unspecified atom stereocenters. The van der Waals surface area contributed by atoms with Crippen LogP contribution in [0.3, 0.4) is 0 Å². The first kappa shape index (κ1) is 12.7. The molecule has 2 aromatic rings. The number of nitrogens with one attached hydrogen (secondary N) is 1. The Morgan fingerprint density at radius 2 is 2.26 bits per heavy atom. The van der Waals surface area contributed by atoms with E-state index in [0.29, 0.717) is 17.3 Å². The number of nitro benzene ring substituents is 1. The van der Waals surface area contributed by atoms with Gasteiger partial charge in [0.25, 0.3) is 5.69 Å². The topological polar surface area (TPSA) is 81.0 Å². The molecule has 1 aromatic carbocycles. The van der Waals surface area contributed by atoms with Crippen LogP contribution in [-0.2, 0) is 0 Å². The lowest BCUT2D eigenvalue weighted by Gasteiger charge is -2.08. The van der Waals surface area contributed by atoms with Gasteiger partial charge in [0.2, 0.25) is 0 Å². The number of non-ortho nitro benzene ring substituents is 1. The van der Waals surface area contributed by atoms with Gasteiger partial charge < -0.3 is 5.32 Å². The van der Waals surface area contributed by atoms with Crippen LogP contribution < -0.4 is 5.32 Å². The highest BCUT2D eigenvalue weighted by atomic mass is 16.6. The van der Waals surface area contributed by atoms with E-state index in [1.54, 1.807) is 18.3 Å². The van der Waals surface area contributed by atoms with Crippen molar-refractivity contribution in [1.29, 1.82) is 0 Å². The van der Waals surface area contributed by atoms with Crippen LogP contribution in [0.2, 0.25) is 0 Å². The van der Waals surface area contributed by atoms with Gasteiger partial charge >= 0.3 is 0 Å². The van der Waals surface area contributed by atoms with Crippen LogP contribution in [0.4, 0.5) is 17.2 Å². The fraction of sp³-hybridized carbons (Fsp3) is 0.0769. The van der Waals surface area contributed by atoms with Crippen molar-refractivity contribution in [1.82, 2.24) is 9.97 Å². The molecular weight excluding hydrogens is 244 g/mol. The summed E-state index contributed by atoms with van der Waals surface area (Å²) < 4.78 is 0. The van der Waals surface area contributed by atoms with Crippen molar-refractivity contribution in [2.75, 3.05) is 5.32 Å². The molecular formula is C13H12N4O2. The lowest BCUT2D eigenvalue weighted by molar-refractivity contribution is -0.384. The summed E-state index contributed by atoms with van der Waals surface area (Å²) >= 11 is 0. The van der Waals surface area contributed by atoms with Crippen molar-refractivity contribution >= 4 is 23.3 Å². The van der Waals surface area contributed by atoms with Gasteiger partial charge in [0.05, 0.1) is 4.92 Å². The fourth-order valence-corrected chi connectivity index (χ4v) is 1.51. The van der Waals surface area contributed by atoms with Gasteiger partial charge in [-0.05, 0) is 19.1 Å². The minimum Gasteiger partial charge on any atom is -0.340 e. The lowest BCUT2D eigenvalue weighted by Crippen LogP contribution is -2.00. The Kier molecular flexibility index (Phi) is 3.51. The molecule has 1 N–H and O–H groups in total.